The van der Waals surface area contributed by atoms with Crippen LogP contribution in [0.5, 0.6) is 5.75 Å². The second kappa shape index (κ2) is 26.4. The van der Waals surface area contributed by atoms with Gasteiger partial charge in [0.2, 0.25) is 33.7 Å². The Bertz CT molecular complexity index is 1900. The van der Waals surface area contributed by atoms with E-state index in [0.717, 1.165) is 0 Å². The van der Waals surface area contributed by atoms with Crippen LogP contribution in [0.15, 0.2) is 24.3 Å². The molecule has 1 saturated heterocycles. The molecule has 1 heterocycles. The number of carbonyl (C=O) groups is 6. The zero-order valence-electron chi connectivity index (χ0n) is 42.0. The zero-order valence-corrected chi connectivity index (χ0v) is 42.8. The van der Waals surface area contributed by atoms with Gasteiger partial charge in [-0.15, -0.1) is 0 Å². The quantitative estimate of drug-likeness (QED) is 0.0886. The van der Waals surface area contributed by atoms with Crippen molar-refractivity contribution in [3.63, 3.8) is 0 Å². The van der Waals surface area contributed by atoms with Gasteiger partial charge in [-0.3, -0.25) is 43.2 Å². The minimum Gasteiger partial charge on any atom is -0.484 e. The summed E-state index contributed by atoms with van der Waals surface area (Å²) in [5.74, 6) is -3.61. The lowest BCUT2D eigenvalue weighted by molar-refractivity contribution is -0.148. The molecular weight excluding hydrogens is 887 g/mol. The smallest absolute Gasteiger partial charge is 0.281 e. The molecule has 4 N–H and O–H groups in total. The topological polar surface area (TPSA) is 231 Å². The third kappa shape index (κ3) is 16.1. The summed E-state index contributed by atoms with van der Waals surface area (Å²) in [4.78, 5) is 92.0. The SMILES string of the molecule is CCONC(=O)COc1ccc(C[C@H](NC(=O)[C@H](C)[C@@H](OC)[C@@H]2CCCN2C(=O)C[C@@H](OC)[C@H]([C@@H](C)CC)N(C)C(=O)[C@@H](NC(=O)[C@H](C(C)C)N(C)C)C(C)C)C(=O)NS(=O)(=O)C2CC2)cc1. The third-order valence-corrected chi connectivity index (χ3v) is 14.7. The second-order valence-electron chi connectivity index (χ2n) is 18.8. The van der Waals surface area contributed by atoms with E-state index < -0.39 is 81.3 Å². The van der Waals surface area contributed by atoms with E-state index in [1.807, 2.05) is 60.5 Å². The van der Waals surface area contributed by atoms with Crippen LogP contribution < -0.4 is 25.6 Å². The molecular formula is C47H79N7O12S. The van der Waals surface area contributed by atoms with Crippen LogP contribution in [-0.4, -0.2) is 161 Å². The summed E-state index contributed by atoms with van der Waals surface area (Å²) in [7, 11) is 4.36. The number of benzene rings is 1. The minimum atomic E-state index is -3.96. The Morgan fingerprint density at radius 3 is 2.00 bits per heavy atom. The van der Waals surface area contributed by atoms with Crippen LogP contribution in [0.3, 0.4) is 0 Å². The number of carbonyl (C=O) groups excluding carboxylic acids is 6. The largest absolute Gasteiger partial charge is 0.484 e. The molecule has 2 aliphatic rings. The monoisotopic (exact) mass is 966 g/mol. The van der Waals surface area contributed by atoms with Crippen molar-refractivity contribution in [2.45, 2.75) is 148 Å². The highest BCUT2D eigenvalue weighted by molar-refractivity contribution is 7.90. The minimum absolute atomic E-state index is 0.00403. The molecule has 0 unspecified atom stereocenters. The number of ether oxygens (including phenoxy) is 3. The summed E-state index contributed by atoms with van der Waals surface area (Å²) in [6.07, 6.45) is 1.01. The standard InChI is InChI=1S/C47H79N7O12S/c1-14-30(7)42(53(11)47(60)40(28(3)4)49-46(59)41(29(5)6)52(9)10)37(63-12)26-39(56)54-24-16-17-36(54)43(64-13)31(8)44(57)48-35(45(58)51-67(61,62)34-22-23-34)25-32-18-20-33(21-19-32)65-27-38(55)50-66-15-2/h18-21,28-31,34-37,40-43H,14-17,22-27H2,1-13H3,(H,48,57)(H,49,59)(H,50,55)(H,51,58)/t30-,31+,35-,36-,37+,40-,41-,42-,43+/m0/s1. The fourth-order valence-electron chi connectivity index (χ4n) is 8.89. The number of hydroxylamine groups is 1. The maximum absolute atomic E-state index is 14.4. The molecule has 19 nitrogen and oxygen atoms in total. The van der Waals surface area contributed by atoms with E-state index in [1.165, 1.54) is 14.2 Å². The van der Waals surface area contributed by atoms with Gasteiger partial charge in [-0.2, -0.15) is 0 Å². The molecule has 67 heavy (non-hydrogen) atoms. The van der Waals surface area contributed by atoms with Gasteiger partial charge in [-0.1, -0.05) is 67.0 Å². The first kappa shape index (κ1) is 57.0. The molecule has 20 heteroatoms. The van der Waals surface area contributed by atoms with Gasteiger partial charge in [-0.25, -0.2) is 13.9 Å². The van der Waals surface area contributed by atoms with E-state index in [9.17, 15) is 37.2 Å². The zero-order chi connectivity index (χ0) is 50.3. The number of hydrogen-bond donors (Lipinski definition) is 4. The first-order valence-corrected chi connectivity index (χ1v) is 25.1. The van der Waals surface area contributed by atoms with Crippen molar-refractivity contribution in [2.24, 2.45) is 23.7 Å². The molecule has 1 saturated carbocycles. The predicted octanol–water partition coefficient (Wildman–Crippen LogP) is 2.42. The Morgan fingerprint density at radius 2 is 1.48 bits per heavy atom. The number of hydrogen-bond acceptors (Lipinski definition) is 13. The molecule has 1 aliphatic carbocycles. The van der Waals surface area contributed by atoms with Gasteiger partial charge in [0.05, 0.1) is 54.5 Å². The van der Waals surface area contributed by atoms with E-state index in [4.69, 9.17) is 19.0 Å². The van der Waals surface area contributed by atoms with E-state index in [2.05, 4.69) is 20.8 Å². The lowest BCUT2D eigenvalue weighted by Crippen LogP contribution is -2.59. The second-order valence-corrected chi connectivity index (χ2v) is 20.8. The van der Waals surface area contributed by atoms with Gasteiger partial charge in [0.25, 0.3) is 11.8 Å². The van der Waals surface area contributed by atoms with Crippen LogP contribution in [0, 0.1) is 23.7 Å². The Balaban J connectivity index is 1.81. The third-order valence-electron chi connectivity index (χ3n) is 12.8. The van der Waals surface area contributed by atoms with Crippen molar-refractivity contribution in [3.05, 3.63) is 29.8 Å². The summed E-state index contributed by atoms with van der Waals surface area (Å²) in [6.45, 7) is 15.4. The van der Waals surface area contributed by atoms with Gasteiger partial charge in [-0.05, 0) is 82.2 Å². The van der Waals surface area contributed by atoms with E-state index in [0.29, 0.717) is 50.0 Å². The van der Waals surface area contributed by atoms with Crippen molar-refractivity contribution in [2.75, 3.05) is 55.1 Å². The van der Waals surface area contributed by atoms with Crippen LogP contribution in [0.4, 0.5) is 0 Å². The van der Waals surface area contributed by atoms with Crippen LogP contribution in [-0.2, 0) is 59.5 Å². The van der Waals surface area contributed by atoms with Gasteiger partial charge >= 0.3 is 0 Å². The molecule has 1 aromatic carbocycles. The lowest BCUT2D eigenvalue weighted by Gasteiger charge is -2.41. The molecule has 0 bridgehead atoms. The number of nitrogens with one attached hydrogen (secondary N) is 4. The summed E-state index contributed by atoms with van der Waals surface area (Å²) in [6, 6.07) is 2.82. The van der Waals surface area contributed by atoms with Gasteiger partial charge in [0.15, 0.2) is 6.61 Å². The van der Waals surface area contributed by atoms with Gasteiger partial charge < -0.3 is 34.6 Å². The first-order valence-electron chi connectivity index (χ1n) is 23.6. The van der Waals surface area contributed by atoms with Crippen molar-refractivity contribution in [1.82, 2.24) is 35.5 Å². The lowest BCUT2D eigenvalue weighted by atomic mass is 9.89. The summed E-state index contributed by atoms with van der Waals surface area (Å²) in [5, 5.41) is 5.10. The average molecular weight is 966 g/mol. The molecule has 380 valence electrons. The van der Waals surface area contributed by atoms with Crippen molar-refractivity contribution < 1.29 is 56.2 Å². The van der Waals surface area contributed by atoms with Crippen LogP contribution in [0.25, 0.3) is 0 Å². The van der Waals surface area contributed by atoms with Crippen molar-refractivity contribution >= 4 is 45.5 Å². The van der Waals surface area contributed by atoms with Crippen molar-refractivity contribution in [3.8, 4) is 5.75 Å². The first-order chi connectivity index (χ1) is 31.5. The number of rotatable bonds is 28. The normalized spacial score (nSPS) is 18.9. The Morgan fingerprint density at radius 1 is 0.836 bits per heavy atom. The van der Waals surface area contributed by atoms with Crippen LogP contribution in [0.1, 0.15) is 99.5 Å². The maximum Gasteiger partial charge on any atom is 0.281 e. The predicted molar refractivity (Wildman–Crippen MR) is 253 cm³/mol. The number of likely N-dealkylation sites (tertiary alicyclic amines) is 1. The molecule has 2 fully saturated rings. The highest BCUT2D eigenvalue weighted by atomic mass is 32.2. The number of amides is 6. The van der Waals surface area contributed by atoms with Crippen molar-refractivity contribution in [1.29, 1.82) is 0 Å². The van der Waals surface area contributed by atoms with E-state index >= 15 is 0 Å². The molecule has 6 amide bonds. The maximum atomic E-state index is 14.4. The van der Waals surface area contributed by atoms with Crippen LogP contribution in [0.2, 0.25) is 0 Å². The molecule has 9 atom stereocenters. The molecule has 3 rings (SSSR count). The number of sulfonamides is 1. The molecule has 0 radical (unpaired) electrons. The fourth-order valence-corrected chi connectivity index (χ4v) is 10.2. The summed E-state index contributed by atoms with van der Waals surface area (Å²) in [5.41, 5.74) is 2.81. The Kier molecular flexibility index (Phi) is 22.4. The Hall–Kier alpha value is -4.37. The molecule has 1 aromatic rings. The number of methoxy groups -OCH3 is 2. The Labute approximate surface area is 398 Å². The molecule has 1 aliphatic heterocycles. The fraction of sp³-hybridized carbons (Fsp3) is 0.745. The average Bonchev–Trinajstić information content (AvgIpc) is 4.04. The highest BCUT2D eigenvalue weighted by Crippen LogP contribution is 2.31. The van der Waals surface area contributed by atoms with Crippen LogP contribution >= 0.6 is 0 Å². The molecule has 0 aromatic heterocycles. The van der Waals surface area contributed by atoms with E-state index in [-0.39, 0.29) is 61.5 Å². The van der Waals surface area contributed by atoms with Gasteiger partial charge in [0.1, 0.15) is 17.8 Å². The highest BCUT2D eigenvalue weighted by Gasteiger charge is 2.44. The molecule has 0 spiro atoms. The number of likely N-dealkylation sites (N-methyl/N-ethyl adjacent to an activating group) is 2. The van der Waals surface area contributed by atoms with Gasteiger partial charge in [0, 0.05) is 34.2 Å². The summed E-state index contributed by atoms with van der Waals surface area (Å²) >= 11 is 0. The van der Waals surface area contributed by atoms with E-state index in [1.54, 1.807) is 55.0 Å². The number of nitrogens with zero attached hydrogens (tertiary/aromatic N) is 3. The summed E-state index contributed by atoms with van der Waals surface area (Å²) < 4.78 is 45.4.